The molecule has 1 aliphatic carbocycles. The summed E-state index contributed by atoms with van der Waals surface area (Å²) in [4.78, 5) is 21.5. The van der Waals surface area contributed by atoms with Crippen LogP contribution in [0.1, 0.15) is 34.7 Å². The van der Waals surface area contributed by atoms with Crippen molar-refractivity contribution in [3.63, 3.8) is 0 Å². The molecule has 2 aromatic rings. The highest BCUT2D eigenvalue weighted by Crippen LogP contribution is 2.27. The summed E-state index contributed by atoms with van der Waals surface area (Å²) in [5.74, 6) is 0.427. The molecule has 1 aromatic carbocycles. The van der Waals surface area contributed by atoms with Crippen LogP contribution in [0.3, 0.4) is 0 Å². The number of nitrogens with zero attached hydrogens (tertiary/aromatic N) is 2. The van der Waals surface area contributed by atoms with Crippen LogP contribution in [0.4, 0.5) is 0 Å². The number of carbonyl (C=O) groups excluding carboxylic acids is 1. The number of aromatic nitrogens is 2. The molecule has 0 aliphatic heterocycles. The highest BCUT2D eigenvalue weighted by Gasteiger charge is 2.33. The SMILES string of the molecule is Cc1cnc(C(=O)N(CC=Cc2ccccc2)C2CC2)[nH]1. The molecular formula is C17H19N3O. The van der Waals surface area contributed by atoms with Crippen molar-refractivity contribution in [3.05, 3.63) is 59.7 Å². The molecule has 0 radical (unpaired) electrons. The summed E-state index contributed by atoms with van der Waals surface area (Å²) in [5.41, 5.74) is 2.06. The Hall–Kier alpha value is -2.36. The van der Waals surface area contributed by atoms with Gasteiger partial charge in [0.1, 0.15) is 0 Å². The predicted molar refractivity (Wildman–Crippen MR) is 82.9 cm³/mol. The molecule has 0 unspecified atom stereocenters. The fraction of sp³-hybridized carbons (Fsp3) is 0.294. The van der Waals surface area contributed by atoms with Gasteiger partial charge in [0.05, 0.1) is 0 Å². The summed E-state index contributed by atoms with van der Waals surface area (Å²) in [7, 11) is 0. The van der Waals surface area contributed by atoms with Crippen molar-refractivity contribution in [1.82, 2.24) is 14.9 Å². The average Bonchev–Trinajstić information content (AvgIpc) is 3.25. The molecule has 108 valence electrons. The third-order valence-corrected chi connectivity index (χ3v) is 3.57. The molecule has 1 fully saturated rings. The van der Waals surface area contributed by atoms with E-state index in [2.05, 4.69) is 28.2 Å². The fourth-order valence-electron chi connectivity index (χ4n) is 2.31. The number of aryl methyl sites for hydroxylation is 1. The molecule has 3 rings (SSSR count). The highest BCUT2D eigenvalue weighted by molar-refractivity contribution is 5.91. The summed E-state index contributed by atoms with van der Waals surface area (Å²) in [6, 6.07) is 10.5. The number of imidazole rings is 1. The molecular weight excluding hydrogens is 262 g/mol. The van der Waals surface area contributed by atoms with Crippen LogP contribution < -0.4 is 0 Å². The zero-order valence-corrected chi connectivity index (χ0v) is 12.1. The van der Waals surface area contributed by atoms with Crippen LogP contribution in [0.25, 0.3) is 6.08 Å². The largest absolute Gasteiger partial charge is 0.338 e. The first kappa shape index (κ1) is 13.6. The number of amides is 1. The van der Waals surface area contributed by atoms with Gasteiger partial charge in [-0.2, -0.15) is 0 Å². The molecule has 1 amide bonds. The number of hydrogen-bond donors (Lipinski definition) is 1. The lowest BCUT2D eigenvalue weighted by Gasteiger charge is -2.19. The zero-order valence-electron chi connectivity index (χ0n) is 12.1. The summed E-state index contributed by atoms with van der Waals surface area (Å²) in [5, 5.41) is 0. The predicted octanol–water partition coefficient (Wildman–Crippen LogP) is 3.04. The number of benzene rings is 1. The van der Waals surface area contributed by atoms with E-state index in [1.165, 1.54) is 0 Å². The van der Waals surface area contributed by atoms with Crippen molar-refractivity contribution in [2.45, 2.75) is 25.8 Å². The Morgan fingerprint density at radius 3 is 2.76 bits per heavy atom. The minimum Gasteiger partial charge on any atom is -0.338 e. The molecule has 1 aromatic heterocycles. The van der Waals surface area contributed by atoms with Crippen LogP contribution in [0.2, 0.25) is 0 Å². The summed E-state index contributed by atoms with van der Waals surface area (Å²) >= 11 is 0. The molecule has 0 spiro atoms. The molecule has 0 atom stereocenters. The van der Waals surface area contributed by atoms with Gasteiger partial charge in [0.15, 0.2) is 5.82 Å². The molecule has 1 N–H and O–H groups in total. The van der Waals surface area contributed by atoms with E-state index in [-0.39, 0.29) is 5.91 Å². The van der Waals surface area contributed by atoms with Gasteiger partial charge in [0.2, 0.25) is 0 Å². The minimum absolute atomic E-state index is 0.0108. The maximum absolute atomic E-state index is 12.5. The Morgan fingerprint density at radius 2 is 2.14 bits per heavy atom. The van der Waals surface area contributed by atoms with Gasteiger partial charge in [-0.25, -0.2) is 4.98 Å². The molecule has 0 saturated heterocycles. The monoisotopic (exact) mass is 281 g/mol. The molecule has 4 nitrogen and oxygen atoms in total. The second kappa shape index (κ2) is 5.95. The second-order valence-electron chi connectivity index (χ2n) is 5.42. The van der Waals surface area contributed by atoms with Crippen molar-refractivity contribution in [3.8, 4) is 0 Å². The van der Waals surface area contributed by atoms with Crippen molar-refractivity contribution < 1.29 is 4.79 Å². The topological polar surface area (TPSA) is 49.0 Å². The van der Waals surface area contributed by atoms with Crippen molar-refractivity contribution in [1.29, 1.82) is 0 Å². The lowest BCUT2D eigenvalue weighted by Crippen LogP contribution is -2.34. The third-order valence-electron chi connectivity index (χ3n) is 3.57. The first-order valence-corrected chi connectivity index (χ1v) is 7.28. The highest BCUT2D eigenvalue weighted by atomic mass is 16.2. The normalized spacial score (nSPS) is 14.5. The maximum Gasteiger partial charge on any atom is 0.290 e. The van der Waals surface area contributed by atoms with Crippen LogP contribution >= 0.6 is 0 Å². The van der Waals surface area contributed by atoms with Gasteiger partial charge in [0, 0.05) is 24.5 Å². The van der Waals surface area contributed by atoms with E-state index in [0.717, 1.165) is 24.1 Å². The first-order valence-electron chi connectivity index (χ1n) is 7.28. The zero-order chi connectivity index (χ0) is 14.7. The Labute approximate surface area is 124 Å². The van der Waals surface area contributed by atoms with Crippen molar-refractivity contribution in [2.24, 2.45) is 0 Å². The van der Waals surface area contributed by atoms with E-state index in [9.17, 15) is 4.79 Å². The smallest absolute Gasteiger partial charge is 0.290 e. The van der Waals surface area contributed by atoms with Crippen molar-refractivity contribution >= 4 is 12.0 Å². The van der Waals surface area contributed by atoms with Gasteiger partial charge in [-0.3, -0.25) is 4.79 Å². The number of H-pyrrole nitrogens is 1. The van der Waals surface area contributed by atoms with Crippen LogP contribution in [0.5, 0.6) is 0 Å². The molecule has 0 bridgehead atoms. The number of hydrogen-bond acceptors (Lipinski definition) is 2. The molecule has 1 heterocycles. The Kier molecular flexibility index (Phi) is 3.86. The lowest BCUT2D eigenvalue weighted by molar-refractivity contribution is 0.0751. The molecule has 1 saturated carbocycles. The van der Waals surface area contributed by atoms with E-state index in [0.29, 0.717) is 18.4 Å². The van der Waals surface area contributed by atoms with E-state index in [1.807, 2.05) is 36.1 Å². The Morgan fingerprint density at radius 1 is 1.38 bits per heavy atom. The van der Waals surface area contributed by atoms with Gasteiger partial charge in [-0.05, 0) is 25.3 Å². The van der Waals surface area contributed by atoms with E-state index in [4.69, 9.17) is 0 Å². The van der Waals surface area contributed by atoms with Crippen molar-refractivity contribution in [2.75, 3.05) is 6.54 Å². The number of rotatable bonds is 5. The van der Waals surface area contributed by atoms with Gasteiger partial charge in [-0.15, -0.1) is 0 Å². The lowest BCUT2D eigenvalue weighted by atomic mass is 10.2. The summed E-state index contributed by atoms with van der Waals surface area (Å²) in [6.45, 7) is 2.53. The third kappa shape index (κ3) is 3.40. The van der Waals surface area contributed by atoms with E-state index < -0.39 is 0 Å². The molecule has 4 heteroatoms. The average molecular weight is 281 g/mol. The first-order chi connectivity index (χ1) is 10.2. The van der Waals surface area contributed by atoms with Crippen LogP contribution in [0.15, 0.2) is 42.6 Å². The standard InChI is InChI=1S/C17H19N3O/c1-13-12-18-16(19-13)17(21)20(15-9-10-15)11-5-8-14-6-3-2-4-7-14/h2-8,12,15H,9-11H2,1H3,(H,18,19). The van der Waals surface area contributed by atoms with E-state index in [1.54, 1.807) is 6.20 Å². The number of carbonyl (C=O) groups is 1. The Bertz CT molecular complexity index is 641. The second-order valence-corrected chi connectivity index (χ2v) is 5.42. The van der Waals surface area contributed by atoms with Crippen LogP contribution in [-0.2, 0) is 0 Å². The Balaban J connectivity index is 1.68. The summed E-state index contributed by atoms with van der Waals surface area (Å²) in [6.07, 6.45) is 7.96. The number of nitrogens with one attached hydrogen (secondary N) is 1. The van der Waals surface area contributed by atoms with Gasteiger partial charge < -0.3 is 9.88 Å². The number of aromatic amines is 1. The molecule has 21 heavy (non-hydrogen) atoms. The maximum atomic E-state index is 12.5. The van der Waals surface area contributed by atoms with E-state index >= 15 is 0 Å². The van der Waals surface area contributed by atoms with Gasteiger partial charge >= 0.3 is 0 Å². The minimum atomic E-state index is -0.0108. The summed E-state index contributed by atoms with van der Waals surface area (Å²) < 4.78 is 0. The fourth-order valence-corrected chi connectivity index (χ4v) is 2.31. The van der Waals surface area contributed by atoms with Crippen LogP contribution in [0, 0.1) is 6.92 Å². The quantitative estimate of drug-likeness (QED) is 0.915. The van der Waals surface area contributed by atoms with Gasteiger partial charge in [-0.1, -0.05) is 42.5 Å². The van der Waals surface area contributed by atoms with Crippen LogP contribution in [-0.4, -0.2) is 33.4 Å². The van der Waals surface area contributed by atoms with Gasteiger partial charge in [0.25, 0.3) is 5.91 Å². The molecule has 1 aliphatic rings.